The number of thioether (sulfide) groups is 1. The summed E-state index contributed by atoms with van der Waals surface area (Å²) in [7, 11) is 0. The van der Waals surface area contributed by atoms with Gasteiger partial charge in [-0.1, -0.05) is 48.0 Å². The molecular weight excluding hydrogens is 411 g/mol. The molecule has 160 valence electrons. The highest BCUT2D eigenvalue weighted by Crippen LogP contribution is 2.32. The second kappa shape index (κ2) is 23.9. The van der Waals surface area contributed by atoms with Crippen LogP contribution >= 0.6 is 47.6 Å². The fourth-order valence-electron chi connectivity index (χ4n) is 1.46. The Morgan fingerprint density at radius 1 is 1.27 bits per heavy atom. The van der Waals surface area contributed by atoms with Crippen LogP contribution in [0.15, 0.2) is 0 Å². The molecule has 7 heteroatoms. The Balaban J connectivity index is -0.000000304. The van der Waals surface area contributed by atoms with Gasteiger partial charge in [0, 0.05) is 29.6 Å². The Kier molecular flexibility index (Phi) is 29.0. The van der Waals surface area contributed by atoms with Crippen molar-refractivity contribution in [2.45, 2.75) is 83.2 Å². The van der Waals surface area contributed by atoms with Crippen LogP contribution in [0.1, 0.15) is 67.2 Å². The average Bonchev–Trinajstić information content (AvgIpc) is 2.62. The molecule has 0 saturated carbocycles. The lowest BCUT2D eigenvalue weighted by Gasteiger charge is -2.30. The molecule has 1 heterocycles. The van der Waals surface area contributed by atoms with E-state index in [-0.39, 0.29) is 17.9 Å². The summed E-state index contributed by atoms with van der Waals surface area (Å²) in [5.41, 5.74) is 0.462. The molecule has 0 spiro atoms. The summed E-state index contributed by atoms with van der Waals surface area (Å²) < 4.78 is 5.66. The minimum absolute atomic E-state index is 0.194. The van der Waals surface area contributed by atoms with E-state index in [0.29, 0.717) is 16.6 Å². The Bertz CT molecular complexity index is 286. The third-order valence-corrected chi connectivity index (χ3v) is 5.53. The van der Waals surface area contributed by atoms with Crippen LogP contribution in [0, 0.1) is 11.8 Å². The molecule has 1 aliphatic rings. The number of hydrogen-bond acceptors (Lipinski definition) is 5. The SMILES string of the molecule is CC(S)CCO.CCC(C)C1OCCC(C)S1.CCC(C)C=O.ClCCl. The molecule has 5 atom stereocenters. The largest absolute Gasteiger partial charge is 0.396 e. The van der Waals surface area contributed by atoms with E-state index >= 15 is 0 Å². The molecule has 26 heavy (non-hydrogen) atoms. The number of aliphatic hydroxyl groups is 1. The van der Waals surface area contributed by atoms with E-state index in [0.717, 1.165) is 31.0 Å². The lowest BCUT2D eigenvalue weighted by Crippen LogP contribution is -2.26. The van der Waals surface area contributed by atoms with Crippen LogP contribution in [0.2, 0.25) is 0 Å². The average molecular weight is 452 g/mol. The zero-order chi connectivity index (χ0) is 21.0. The quantitative estimate of drug-likeness (QED) is 0.285. The highest BCUT2D eigenvalue weighted by atomic mass is 35.5. The molecule has 0 amide bonds. The fraction of sp³-hybridized carbons (Fsp3) is 0.947. The van der Waals surface area contributed by atoms with Gasteiger partial charge in [0.2, 0.25) is 0 Å². The number of aliphatic hydroxyl groups excluding tert-OH is 1. The van der Waals surface area contributed by atoms with Crippen LogP contribution in [-0.2, 0) is 9.53 Å². The molecule has 1 saturated heterocycles. The molecule has 0 aromatic rings. The van der Waals surface area contributed by atoms with E-state index < -0.39 is 0 Å². The smallest absolute Gasteiger partial charge is 0.122 e. The van der Waals surface area contributed by atoms with Gasteiger partial charge in [-0.25, -0.2) is 0 Å². The van der Waals surface area contributed by atoms with E-state index in [9.17, 15) is 4.79 Å². The number of carbonyl (C=O) groups excluding carboxylic acids is 1. The van der Waals surface area contributed by atoms with Crippen molar-refractivity contribution in [2.24, 2.45) is 11.8 Å². The molecule has 5 unspecified atom stereocenters. The summed E-state index contributed by atoms with van der Waals surface area (Å²) in [5.74, 6) is 0.966. The first-order valence-corrected chi connectivity index (χ1v) is 11.9. The Morgan fingerprint density at radius 2 is 1.81 bits per heavy atom. The van der Waals surface area contributed by atoms with Crippen LogP contribution in [0.25, 0.3) is 0 Å². The molecule has 3 nitrogen and oxygen atoms in total. The first-order chi connectivity index (χ1) is 12.2. The van der Waals surface area contributed by atoms with Crippen LogP contribution in [-0.4, -0.2) is 45.9 Å². The number of rotatable bonds is 6. The molecule has 0 aliphatic carbocycles. The lowest BCUT2D eigenvalue weighted by atomic mass is 10.1. The summed E-state index contributed by atoms with van der Waals surface area (Å²) in [6.07, 6.45) is 5.18. The second-order valence-corrected chi connectivity index (χ2v) is 9.58. The van der Waals surface area contributed by atoms with Gasteiger partial charge in [-0.05, 0) is 25.2 Å². The van der Waals surface area contributed by atoms with Gasteiger partial charge < -0.3 is 14.6 Å². The van der Waals surface area contributed by atoms with Crippen molar-refractivity contribution in [3.8, 4) is 0 Å². The molecule has 0 radical (unpaired) electrons. The Morgan fingerprint density at radius 3 is 2.04 bits per heavy atom. The van der Waals surface area contributed by atoms with E-state index in [1.165, 1.54) is 12.8 Å². The van der Waals surface area contributed by atoms with E-state index in [4.69, 9.17) is 33.0 Å². The highest BCUT2D eigenvalue weighted by molar-refractivity contribution is 8.00. The van der Waals surface area contributed by atoms with Gasteiger partial charge in [0.1, 0.15) is 11.7 Å². The van der Waals surface area contributed by atoms with Gasteiger partial charge in [-0.3, -0.25) is 0 Å². The van der Waals surface area contributed by atoms with Gasteiger partial charge in [0.15, 0.2) is 0 Å². The highest BCUT2D eigenvalue weighted by Gasteiger charge is 2.23. The zero-order valence-corrected chi connectivity index (χ0v) is 20.5. The predicted molar refractivity (Wildman–Crippen MR) is 123 cm³/mol. The number of ether oxygens (including phenoxy) is 1. The third kappa shape index (κ3) is 24.9. The topological polar surface area (TPSA) is 46.5 Å². The molecule has 0 aromatic carbocycles. The van der Waals surface area contributed by atoms with Crippen molar-refractivity contribution < 1.29 is 14.6 Å². The summed E-state index contributed by atoms with van der Waals surface area (Å²) in [6, 6.07) is 0. The summed E-state index contributed by atoms with van der Waals surface area (Å²) in [6.45, 7) is 13.9. The first kappa shape index (κ1) is 31.6. The van der Waals surface area contributed by atoms with Crippen molar-refractivity contribution in [3.05, 3.63) is 0 Å². The summed E-state index contributed by atoms with van der Waals surface area (Å²) in [5, 5.41) is 9.52. The maximum atomic E-state index is 9.74. The molecule has 1 N–H and O–H groups in total. The third-order valence-electron chi connectivity index (χ3n) is 3.70. The first-order valence-electron chi connectivity index (χ1n) is 9.36. The lowest BCUT2D eigenvalue weighted by molar-refractivity contribution is -0.110. The minimum Gasteiger partial charge on any atom is -0.396 e. The summed E-state index contributed by atoms with van der Waals surface area (Å²) in [4.78, 5) is 9.74. The number of carbonyl (C=O) groups is 1. The predicted octanol–water partition coefficient (Wildman–Crippen LogP) is 6.24. The molecule has 1 aliphatic heterocycles. The van der Waals surface area contributed by atoms with E-state index in [1.54, 1.807) is 0 Å². The standard InChI is InChI=1S/C9H18OS.C5H10O.C4H10OS.CH2Cl2/c1-4-7(2)9-10-6-5-8(3)11-9;1-3-5(2)4-6;1-4(6)2-3-5;2-1-3/h7-9H,4-6H2,1-3H3;4-5H,3H2,1-2H3;4-6H,2-3H2,1H3;1H2. The van der Waals surface area contributed by atoms with Gasteiger partial charge in [0.25, 0.3) is 0 Å². The molecule has 1 rings (SSSR count). The van der Waals surface area contributed by atoms with Crippen molar-refractivity contribution >= 4 is 53.9 Å². The molecule has 1 fully saturated rings. The molecular formula is C19H40Cl2O3S2. The minimum atomic E-state index is 0.194. The number of alkyl halides is 2. The Labute approximate surface area is 181 Å². The van der Waals surface area contributed by atoms with Crippen molar-refractivity contribution in [3.63, 3.8) is 0 Å². The van der Waals surface area contributed by atoms with Crippen molar-refractivity contribution in [2.75, 3.05) is 18.6 Å². The molecule has 0 bridgehead atoms. The van der Waals surface area contributed by atoms with Crippen LogP contribution < -0.4 is 0 Å². The Hall–Kier alpha value is 0.870. The van der Waals surface area contributed by atoms with Gasteiger partial charge in [-0.15, -0.1) is 35.0 Å². The van der Waals surface area contributed by atoms with Crippen LogP contribution in [0.4, 0.5) is 0 Å². The van der Waals surface area contributed by atoms with E-state index in [2.05, 4.69) is 33.4 Å². The van der Waals surface area contributed by atoms with Crippen LogP contribution in [0.3, 0.4) is 0 Å². The molecule has 0 aromatic heterocycles. The summed E-state index contributed by atoms with van der Waals surface area (Å²) >= 11 is 15.5. The number of thiol groups is 1. The van der Waals surface area contributed by atoms with Gasteiger partial charge in [0.05, 0.1) is 5.34 Å². The van der Waals surface area contributed by atoms with E-state index in [1.807, 2.05) is 32.5 Å². The monoisotopic (exact) mass is 450 g/mol. The number of aldehydes is 1. The van der Waals surface area contributed by atoms with Crippen molar-refractivity contribution in [1.82, 2.24) is 0 Å². The van der Waals surface area contributed by atoms with Gasteiger partial charge >= 0.3 is 0 Å². The zero-order valence-electron chi connectivity index (χ0n) is 17.3. The normalized spacial score (nSPS) is 22.1. The fourth-order valence-corrected chi connectivity index (χ4v) is 2.90. The maximum absolute atomic E-state index is 9.74. The number of hydrogen-bond donors (Lipinski definition) is 2. The van der Waals surface area contributed by atoms with Crippen LogP contribution in [0.5, 0.6) is 0 Å². The maximum Gasteiger partial charge on any atom is 0.122 e. The second-order valence-electron chi connectivity index (χ2n) is 6.34. The van der Waals surface area contributed by atoms with Crippen molar-refractivity contribution in [1.29, 1.82) is 0 Å². The number of halogens is 2. The van der Waals surface area contributed by atoms with Gasteiger partial charge in [-0.2, -0.15) is 12.6 Å².